The van der Waals surface area contributed by atoms with Crippen LogP contribution in [0, 0.1) is 5.92 Å². The molecule has 2 fully saturated rings. The van der Waals surface area contributed by atoms with Crippen LogP contribution in [0.1, 0.15) is 33.0 Å². The summed E-state index contributed by atoms with van der Waals surface area (Å²) in [6.07, 6.45) is 1.89. The van der Waals surface area contributed by atoms with E-state index in [1.165, 1.54) is 0 Å². The first-order chi connectivity index (χ1) is 10.8. The molecule has 0 saturated carbocycles. The van der Waals surface area contributed by atoms with Gasteiger partial charge in [0, 0.05) is 26.1 Å². The van der Waals surface area contributed by atoms with Gasteiger partial charge in [-0.05, 0) is 32.9 Å². The predicted octanol–water partition coefficient (Wildman–Crippen LogP) is 1.65. The lowest BCUT2D eigenvalue weighted by molar-refractivity contribution is -0.161. The number of carbonyl (C=O) groups is 2. The number of hydrogen-bond acceptors (Lipinski definition) is 4. The Balaban J connectivity index is 1.63. The molecule has 0 aromatic carbocycles. The number of carbonyl (C=O) groups excluding carboxylic acids is 2. The summed E-state index contributed by atoms with van der Waals surface area (Å²) < 4.78 is 11.1. The second kappa shape index (κ2) is 6.00. The Morgan fingerprint density at radius 2 is 2.17 bits per heavy atom. The van der Waals surface area contributed by atoms with Crippen molar-refractivity contribution in [1.82, 2.24) is 9.80 Å². The highest BCUT2D eigenvalue weighted by molar-refractivity contribution is 5.89. The van der Waals surface area contributed by atoms with Crippen molar-refractivity contribution in [3.05, 3.63) is 24.2 Å². The van der Waals surface area contributed by atoms with E-state index in [9.17, 15) is 9.59 Å². The van der Waals surface area contributed by atoms with Crippen molar-refractivity contribution in [3.63, 3.8) is 0 Å². The van der Waals surface area contributed by atoms with Crippen molar-refractivity contribution >= 4 is 11.8 Å². The highest BCUT2D eigenvalue weighted by Crippen LogP contribution is 2.26. The van der Waals surface area contributed by atoms with Crippen molar-refractivity contribution < 1.29 is 18.7 Å². The number of ether oxygens (including phenoxy) is 1. The molecule has 2 saturated heterocycles. The maximum absolute atomic E-state index is 12.8. The second-order valence-corrected chi connectivity index (χ2v) is 7.16. The highest BCUT2D eigenvalue weighted by atomic mass is 16.5. The number of furan rings is 1. The topological polar surface area (TPSA) is 63.0 Å². The molecule has 0 aliphatic carbocycles. The van der Waals surface area contributed by atoms with Crippen molar-refractivity contribution in [1.29, 1.82) is 0 Å². The fourth-order valence-corrected chi connectivity index (χ4v) is 3.56. The Kier molecular flexibility index (Phi) is 4.19. The molecule has 3 rings (SSSR count). The van der Waals surface area contributed by atoms with Crippen LogP contribution >= 0.6 is 0 Å². The van der Waals surface area contributed by atoms with Gasteiger partial charge in [0.05, 0.1) is 30.4 Å². The van der Waals surface area contributed by atoms with Gasteiger partial charge in [-0.2, -0.15) is 0 Å². The average Bonchev–Trinajstić information content (AvgIpc) is 3.07. The largest absolute Gasteiger partial charge is 0.467 e. The zero-order chi connectivity index (χ0) is 16.6. The lowest BCUT2D eigenvalue weighted by atomic mass is 10.0. The number of rotatable bonds is 3. The molecule has 3 heterocycles. The first kappa shape index (κ1) is 16.1. The molecule has 6 nitrogen and oxygen atoms in total. The van der Waals surface area contributed by atoms with Gasteiger partial charge in [0.15, 0.2) is 0 Å². The fraction of sp³-hybridized carbons (Fsp3) is 0.647. The molecule has 0 spiro atoms. The molecular weight excluding hydrogens is 296 g/mol. The van der Waals surface area contributed by atoms with E-state index in [0.717, 1.165) is 5.76 Å². The van der Waals surface area contributed by atoms with Gasteiger partial charge >= 0.3 is 0 Å². The van der Waals surface area contributed by atoms with E-state index in [1.54, 1.807) is 17.2 Å². The number of amides is 2. The molecule has 2 aliphatic heterocycles. The highest BCUT2D eigenvalue weighted by Gasteiger charge is 2.40. The van der Waals surface area contributed by atoms with Gasteiger partial charge in [0.2, 0.25) is 11.8 Å². The normalized spacial score (nSPS) is 27.5. The molecule has 1 aromatic heterocycles. The SMILES string of the molecule is C[C@@H]1CN(C(=O)[C@@H]2CC(=O)N(Cc3ccco3)C2)CC(C)(C)O1. The van der Waals surface area contributed by atoms with Gasteiger partial charge < -0.3 is 19.0 Å². The minimum Gasteiger partial charge on any atom is -0.467 e. The number of morpholine rings is 1. The fourth-order valence-electron chi connectivity index (χ4n) is 3.56. The zero-order valence-corrected chi connectivity index (χ0v) is 13.9. The molecule has 2 atom stereocenters. The third kappa shape index (κ3) is 3.58. The van der Waals surface area contributed by atoms with Crippen molar-refractivity contribution in [3.8, 4) is 0 Å². The molecule has 0 unspecified atom stereocenters. The third-order valence-corrected chi connectivity index (χ3v) is 4.37. The summed E-state index contributed by atoms with van der Waals surface area (Å²) in [7, 11) is 0. The summed E-state index contributed by atoms with van der Waals surface area (Å²) in [5, 5.41) is 0. The average molecular weight is 320 g/mol. The van der Waals surface area contributed by atoms with E-state index in [1.807, 2.05) is 31.7 Å². The Morgan fingerprint density at radius 1 is 1.39 bits per heavy atom. The quantitative estimate of drug-likeness (QED) is 0.849. The van der Waals surface area contributed by atoms with E-state index < -0.39 is 0 Å². The van der Waals surface area contributed by atoms with Crippen LogP contribution in [0.5, 0.6) is 0 Å². The molecular formula is C17H24N2O4. The maximum Gasteiger partial charge on any atom is 0.228 e. The summed E-state index contributed by atoms with van der Waals surface area (Å²) in [5.41, 5.74) is -0.343. The molecule has 126 valence electrons. The predicted molar refractivity (Wildman–Crippen MR) is 83.4 cm³/mol. The van der Waals surface area contributed by atoms with Crippen LogP contribution in [0.3, 0.4) is 0 Å². The molecule has 0 bridgehead atoms. The zero-order valence-electron chi connectivity index (χ0n) is 13.9. The van der Waals surface area contributed by atoms with Crippen LogP contribution in [0.15, 0.2) is 22.8 Å². The molecule has 0 N–H and O–H groups in total. The Bertz CT molecular complexity index is 581. The van der Waals surface area contributed by atoms with Gasteiger partial charge in [-0.1, -0.05) is 0 Å². The molecule has 1 aromatic rings. The van der Waals surface area contributed by atoms with Crippen LogP contribution in [0.4, 0.5) is 0 Å². The van der Waals surface area contributed by atoms with Crippen LogP contribution in [0.2, 0.25) is 0 Å². The Morgan fingerprint density at radius 3 is 2.83 bits per heavy atom. The monoisotopic (exact) mass is 320 g/mol. The second-order valence-electron chi connectivity index (χ2n) is 7.16. The molecule has 23 heavy (non-hydrogen) atoms. The molecule has 0 radical (unpaired) electrons. The van der Waals surface area contributed by atoms with Gasteiger partial charge in [-0.15, -0.1) is 0 Å². The number of hydrogen-bond donors (Lipinski definition) is 0. The van der Waals surface area contributed by atoms with E-state index in [0.29, 0.717) is 26.2 Å². The first-order valence-electron chi connectivity index (χ1n) is 8.11. The summed E-state index contributed by atoms with van der Waals surface area (Å²) in [6, 6.07) is 3.64. The van der Waals surface area contributed by atoms with E-state index >= 15 is 0 Å². The third-order valence-electron chi connectivity index (χ3n) is 4.37. The van der Waals surface area contributed by atoms with Crippen LogP contribution in [-0.4, -0.2) is 53.0 Å². The van der Waals surface area contributed by atoms with Gasteiger partial charge in [-0.3, -0.25) is 9.59 Å². The van der Waals surface area contributed by atoms with Gasteiger partial charge in [0.25, 0.3) is 0 Å². The van der Waals surface area contributed by atoms with Crippen molar-refractivity contribution in [2.75, 3.05) is 19.6 Å². The van der Waals surface area contributed by atoms with Crippen LogP contribution in [0.25, 0.3) is 0 Å². The standard InChI is InChI=1S/C17H24N2O4/c1-12-8-19(11-17(2,3)23-12)16(21)13-7-15(20)18(9-13)10-14-5-4-6-22-14/h4-6,12-13H,7-11H2,1-3H3/t12-,13-/m1/s1. The number of nitrogens with zero attached hydrogens (tertiary/aromatic N) is 2. The van der Waals surface area contributed by atoms with Gasteiger partial charge in [-0.25, -0.2) is 0 Å². The smallest absolute Gasteiger partial charge is 0.228 e. The summed E-state index contributed by atoms with van der Waals surface area (Å²) >= 11 is 0. The minimum atomic E-state index is -0.343. The van der Waals surface area contributed by atoms with Crippen LogP contribution in [-0.2, 0) is 20.9 Å². The van der Waals surface area contributed by atoms with Crippen molar-refractivity contribution in [2.24, 2.45) is 5.92 Å². The number of likely N-dealkylation sites (tertiary alicyclic amines) is 1. The first-order valence-corrected chi connectivity index (χ1v) is 8.11. The minimum absolute atomic E-state index is 0.0130. The van der Waals surface area contributed by atoms with E-state index in [-0.39, 0.29) is 35.9 Å². The van der Waals surface area contributed by atoms with Crippen LogP contribution < -0.4 is 0 Å². The van der Waals surface area contributed by atoms with E-state index in [4.69, 9.17) is 9.15 Å². The Hall–Kier alpha value is -1.82. The lowest BCUT2D eigenvalue weighted by Gasteiger charge is -2.42. The van der Waals surface area contributed by atoms with E-state index in [2.05, 4.69) is 0 Å². The van der Waals surface area contributed by atoms with Gasteiger partial charge in [0.1, 0.15) is 5.76 Å². The summed E-state index contributed by atoms with van der Waals surface area (Å²) in [4.78, 5) is 28.5. The summed E-state index contributed by atoms with van der Waals surface area (Å²) in [6.45, 7) is 8.01. The molecule has 2 aliphatic rings. The van der Waals surface area contributed by atoms with Crippen molar-refractivity contribution in [2.45, 2.75) is 45.4 Å². The molecule has 2 amide bonds. The lowest BCUT2D eigenvalue weighted by Crippen LogP contribution is -2.55. The molecule has 6 heteroatoms. The maximum atomic E-state index is 12.8. The Labute approximate surface area is 136 Å². The summed E-state index contributed by atoms with van der Waals surface area (Å²) in [5.74, 6) is 0.551.